The lowest BCUT2D eigenvalue weighted by Crippen LogP contribution is -2.31. The molecule has 0 heterocycles. The quantitative estimate of drug-likeness (QED) is 0.778. The molecule has 3 heteroatoms. The van der Waals surface area contributed by atoms with Crippen molar-refractivity contribution in [1.82, 2.24) is 10.2 Å². The molecule has 0 unspecified atom stereocenters. The summed E-state index contributed by atoms with van der Waals surface area (Å²) in [5.74, 6) is -0.146. The summed E-state index contributed by atoms with van der Waals surface area (Å²) in [6.07, 6.45) is 0. The predicted molar refractivity (Wildman–Crippen MR) is 83.4 cm³/mol. The van der Waals surface area contributed by atoms with Crippen LogP contribution in [0.2, 0.25) is 0 Å². The molecule has 1 N–H and O–H groups in total. The van der Waals surface area contributed by atoms with E-state index in [0.29, 0.717) is 5.39 Å². The third-order valence-corrected chi connectivity index (χ3v) is 3.78. The molecular weight excluding hydrogens is 251 g/mol. The first kappa shape index (κ1) is 14.9. The lowest BCUT2D eigenvalue weighted by atomic mass is 10.0. The summed E-state index contributed by atoms with van der Waals surface area (Å²) in [4.78, 5) is 2.38. The normalized spacial score (nSPS) is 11.4. The maximum absolute atomic E-state index is 13.7. The van der Waals surface area contributed by atoms with Crippen molar-refractivity contribution < 1.29 is 4.39 Å². The van der Waals surface area contributed by atoms with Crippen molar-refractivity contribution in [2.24, 2.45) is 0 Å². The molecule has 0 aliphatic heterocycles. The number of likely N-dealkylation sites (N-methyl/N-ethyl adjacent to an activating group) is 1. The lowest BCUT2D eigenvalue weighted by Gasteiger charge is -2.18. The summed E-state index contributed by atoms with van der Waals surface area (Å²) >= 11 is 0. The first-order chi connectivity index (χ1) is 9.76. The third kappa shape index (κ3) is 3.56. The highest BCUT2D eigenvalue weighted by molar-refractivity contribution is 5.86. The molecule has 0 aromatic heterocycles. The van der Waals surface area contributed by atoms with Crippen LogP contribution in [0.25, 0.3) is 10.8 Å². The highest BCUT2D eigenvalue weighted by Crippen LogP contribution is 2.21. The number of rotatable bonds is 7. The zero-order chi connectivity index (χ0) is 14.4. The van der Waals surface area contributed by atoms with E-state index in [-0.39, 0.29) is 5.82 Å². The molecule has 2 aromatic rings. The Morgan fingerprint density at radius 1 is 1.00 bits per heavy atom. The van der Waals surface area contributed by atoms with Crippen molar-refractivity contribution in [3.05, 3.63) is 47.8 Å². The van der Waals surface area contributed by atoms with Crippen LogP contribution < -0.4 is 5.32 Å². The Labute approximate surface area is 120 Å². The van der Waals surface area contributed by atoms with Crippen LogP contribution in [0.1, 0.15) is 19.4 Å². The number of halogens is 1. The fraction of sp³-hybridized carbons (Fsp3) is 0.412. The minimum absolute atomic E-state index is 0.146. The first-order valence-corrected chi connectivity index (χ1v) is 7.35. The van der Waals surface area contributed by atoms with Gasteiger partial charge in [0.05, 0.1) is 0 Å². The van der Waals surface area contributed by atoms with Gasteiger partial charge in [-0.3, -0.25) is 0 Å². The molecular formula is C17H23FN2. The van der Waals surface area contributed by atoms with E-state index in [9.17, 15) is 4.39 Å². The highest BCUT2D eigenvalue weighted by atomic mass is 19.1. The number of hydrogen-bond donors (Lipinski definition) is 1. The summed E-state index contributed by atoms with van der Waals surface area (Å²) < 4.78 is 13.7. The van der Waals surface area contributed by atoms with E-state index in [2.05, 4.69) is 24.1 Å². The summed E-state index contributed by atoms with van der Waals surface area (Å²) in [7, 11) is 0. The monoisotopic (exact) mass is 274 g/mol. The van der Waals surface area contributed by atoms with Crippen LogP contribution in [0.4, 0.5) is 4.39 Å². The molecule has 0 spiro atoms. The number of hydrogen-bond acceptors (Lipinski definition) is 2. The molecule has 0 saturated heterocycles. The zero-order valence-corrected chi connectivity index (χ0v) is 12.3. The second kappa shape index (κ2) is 7.36. The lowest BCUT2D eigenvalue weighted by molar-refractivity contribution is 0.302. The van der Waals surface area contributed by atoms with Gasteiger partial charge in [-0.15, -0.1) is 0 Å². The SMILES string of the molecule is CCN(CC)CCNCc1ccc(F)c2ccccc12. The molecule has 0 aliphatic carbocycles. The number of nitrogens with zero attached hydrogens (tertiary/aromatic N) is 1. The Morgan fingerprint density at radius 3 is 2.40 bits per heavy atom. The fourth-order valence-electron chi connectivity index (χ4n) is 2.48. The van der Waals surface area contributed by atoms with Gasteiger partial charge in [0, 0.05) is 25.0 Å². The third-order valence-electron chi connectivity index (χ3n) is 3.78. The summed E-state index contributed by atoms with van der Waals surface area (Å²) in [5, 5.41) is 5.16. The van der Waals surface area contributed by atoms with Gasteiger partial charge in [0.2, 0.25) is 0 Å². The van der Waals surface area contributed by atoms with E-state index in [0.717, 1.165) is 43.7 Å². The van der Waals surface area contributed by atoms with Gasteiger partial charge in [0.1, 0.15) is 5.82 Å². The van der Waals surface area contributed by atoms with E-state index >= 15 is 0 Å². The minimum atomic E-state index is -0.146. The van der Waals surface area contributed by atoms with Crippen LogP contribution in [0.5, 0.6) is 0 Å². The van der Waals surface area contributed by atoms with Crippen LogP contribution >= 0.6 is 0 Å². The van der Waals surface area contributed by atoms with Crippen molar-refractivity contribution in [2.75, 3.05) is 26.2 Å². The maximum Gasteiger partial charge on any atom is 0.131 e. The molecule has 2 rings (SSSR count). The van der Waals surface area contributed by atoms with E-state index in [1.165, 1.54) is 0 Å². The first-order valence-electron chi connectivity index (χ1n) is 7.35. The molecule has 20 heavy (non-hydrogen) atoms. The van der Waals surface area contributed by atoms with E-state index < -0.39 is 0 Å². The Hall–Kier alpha value is -1.45. The number of benzene rings is 2. The van der Waals surface area contributed by atoms with Crippen molar-refractivity contribution in [3.8, 4) is 0 Å². The summed E-state index contributed by atoms with van der Waals surface area (Å²) in [6.45, 7) is 9.30. The van der Waals surface area contributed by atoms with Crippen LogP contribution in [-0.2, 0) is 6.54 Å². The Morgan fingerprint density at radius 2 is 1.70 bits per heavy atom. The van der Waals surface area contributed by atoms with Crippen molar-refractivity contribution in [2.45, 2.75) is 20.4 Å². The van der Waals surface area contributed by atoms with Crippen LogP contribution in [0.3, 0.4) is 0 Å². The standard InChI is InChI=1S/C17H23FN2/c1-3-20(4-2)12-11-19-13-14-9-10-17(18)16-8-6-5-7-15(14)16/h5-10,19H,3-4,11-13H2,1-2H3. The molecule has 0 bridgehead atoms. The van der Waals surface area contributed by atoms with Gasteiger partial charge in [-0.25, -0.2) is 4.39 Å². The van der Waals surface area contributed by atoms with Crippen LogP contribution in [-0.4, -0.2) is 31.1 Å². The van der Waals surface area contributed by atoms with E-state index in [1.54, 1.807) is 6.07 Å². The fourth-order valence-corrected chi connectivity index (χ4v) is 2.48. The zero-order valence-electron chi connectivity index (χ0n) is 12.3. The smallest absolute Gasteiger partial charge is 0.131 e. The molecule has 0 atom stereocenters. The molecule has 0 radical (unpaired) electrons. The van der Waals surface area contributed by atoms with Gasteiger partial charge in [0.15, 0.2) is 0 Å². The molecule has 0 saturated carbocycles. The van der Waals surface area contributed by atoms with Gasteiger partial charge < -0.3 is 10.2 Å². The maximum atomic E-state index is 13.7. The van der Waals surface area contributed by atoms with Gasteiger partial charge in [-0.2, -0.15) is 0 Å². The van der Waals surface area contributed by atoms with Gasteiger partial charge in [0.25, 0.3) is 0 Å². The summed E-state index contributed by atoms with van der Waals surface area (Å²) in [6, 6.07) is 11.1. The topological polar surface area (TPSA) is 15.3 Å². The average Bonchev–Trinajstić information content (AvgIpc) is 2.50. The molecule has 0 aliphatic rings. The number of nitrogens with one attached hydrogen (secondary N) is 1. The van der Waals surface area contributed by atoms with Gasteiger partial charge in [-0.1, -0.05) is 44.2 Å². The molecule has 108 valence electrons. The molecule has 0 amide bonds. The second-order valence-electron chi connectivity index (χ2n) is 4.96. The van der Waals surface area contributed by atoms with Crippen molar-refractivity contribution in [3.63, 3.8) is 0 Å². The molecule has 2 nitrogen and oxygen atoms in total. The van der Waals surface area contributed by atoms with Crippen molar-refractivity contribution in [1.29, 1.82) is 0 Å². The number of fused-ring (bicyclic) bond motifs is 1. The predicted octanol–water partition coefficient (Wildman–Crippen LogP) is 3.41. The van der Waals surface area contributed by atoms with Gasteiger partial charge in [-0.05, 0) is 30.1 Å². The minimum Gasteiger partial charge on any atom is -0.311 e. The highest BCUT2D eigenvalue weighted by Gasteiger charge is 2.05. The van der Waals surface area contributed by atoms with Crippen LogP contribution in [0, 0.1) is 5.82 Å². The van der Waals surface area contributed by atoms with Crippen molar-refractivity contribution >= 4 is 10.8 Å². The Kier molecular flexibility index (Phi) is 5.50. The van der Waals surface area contributed by atoms with E-state index in [4.69, 9.17) is 0 Å². The largest absolute Gasteiger partial charge is 0.311 e. The van der Waals surface area contributed by atoms with Crippen LogP contribution in [0.15, 0.2) is 36.4 Å². The summed E-state index contributed by atoms with van der Waals surface area (Å²) in [5.41, 5.74) is 1.15. The molecule has 0 fully saturated rings. The second-order valence-corrected chi connectivity index (χ2v) is 4.96. The molecule has 2 aromatic carbocycles. The Balaban J connectivity index is 1.98. The van der Waals surface area contributed by atoms with Gasteiger partial charge >= 0.3 is 0 Å². The Bertz CT molecular complexity index is 550. The average molecular weight is 274 g/mol. The van der Waals surface area contributed by atoms with E-state index in [1.807, 2.05) is 30.3 Å².